The number of thiophene rings is 1. The molecule has 1 aliphatic heterocycles. The number of piperazine rings is 1. The lowest BCUT2D eigenvalue weighted by atomic mass is 10.1. The minimum atomic E-state index is -0.203. The van der Waals surface area contributed by atoms with E-state index in [1.807, 2.05) is 6.07 Å². The predicted octanol–water partition coefficient (Wildman–Crippen LogP) is 0.796. The van der Waals surface area contributed by atoms with Crippen LogP contribution in [-0.2, 0) is 6.54 Å². The summed E-state index contributed by atoms with van der Waals surface area (Å²) in [5.41, 5.74) is 3.43. The minimum absolute atomic E-state index is 0.203. The van der Waals surface area contributed by atoms with E-state index in [0.29, 0.717) is 10.9 Å². The van der Waals surface area contributed by atoms with Crippen LogP contribution in [-0.4, -0.2) is 48.4 Å². The van der Waals surface area contributed by atoms with Crippen LogP contribution in [0.1, 0.15) is 27.0 Å². The fourth-order valence-electron chi connectivity index (χ4n) is 2.37. The van der Waals surface area contributed by atoms with Gasteiger partial charge < -0.3 is 4.90 Å². The first kappa shape index (κ1) is 14.5. The van der Waals surface area contributed by atoms with Crippen molar-refractivity contribution >= 4 is 17.2 Å². The van der Waals surface area contributed by atoms with E-state index in [4.69, 9.17) is 5.84 Å². The van der Waals surface area contributed by atoms with E-state index < -0.39 is 0 Å². The number of hydrogen-bond acceptors (Lipinski definition) is 5. The SMILES string of the molecule is Cc1sc(C(=O)NN)cc1CN1CCN(C)C(C)C1. The molecular weight excluding hydrogens is 260 g/mol. The Hall–Kier alpha value is -0.950. The molecule has 1 amide bonds. The number of amides is 1. The summed E-state index contributed by atoms with van der Waals surface area (Å²) in [7, 11) is 2.17. The fraction of sp³-hybridized carbons (Fsp3) is 0.615. The molecule has 0 spiro atoms. The maximum Gasteiger partial charge on any atom is 0.275 e. The Morgan fingerprint density at radius 3 is 2.95 bits per heavy atom. The first-order valence-electron chi connectivity index (χ1n) is 6.54. The van der Waals surface area contributed by atoms with Crippen molar-refractivity contribution in [3.63, 3.8) is 0 Å². The molecule has 19 heavy (non-hydrogen) atoms. The van der Waals surface area contributed by atoms with Gasteiger partial charge >= 0.3 is 0 Å². The first-order valence-corrected chi connectivity index (χ1v) is 7.35. The monoisotopic (exact) mass is 282 g/mol. The van der Waals surface area contributed by atoms with Crippen molar-refractivity contribution in [1.29, 1.82) is 0 Å². The van der Waals surface area contributed by atoms with Gasteiger partial charge in [0.15, 0.2) is 0 Å². The third-order valence-electron chi connectivity index (χ3n) is 3.81. The van der Waals surface area contributed by atoms with Crippen molar-refractivity contribution in [3.8, 4) is 0 Å². The number of nitrogens with zero attached hydrogens (tertiary/aromatic N) is 2. The molecule has 1 saturated heterocycles. The molecule has 1 unspecified atom stereocenters. The Kier molecular flexibility index (Phi) is 4.57. The zero-order valence-electron chi connectivity index (χ0n) is 11.8. The van der Waals surface area contributed by atoms with Gasteiger partial charge in [-0.1, -0.05) is 0 Å². The Morgan fingerprint density at radius 2 is 2.32 bits per heavy atom. The largest absolute Gasteiger partial charge is 0.301 e. The number of aryl methyl sites for hydroxylation is 1. The van der Waals surface area contributed by atoms with Crippen LogP contribution in [0.4, 0.5) is 0 Å². The maximum atomic E-state index is 11.5. The number of likely N-dealkylation sites (N-methyl/N-ethyl adjacent to an activating group) is 1. The Labute approximate surface area is 118 Å². The van der Waals surface area contributed by atoms with Crippen LogP contribution >= 0.6 is 11.3 Å². The van der Waals surface area contributed by atoms with Gasteiger partial charge in [-0.3, -0.25) is 15.1 Å². The molecule has 6 heteroatoms. The van der Waals surface area contributed by atoms with Crippen LogP contribution in [0.25, 0.3) is 0 Å². The molecule has 3 N–H and O–H groups in total. The van der Waals surface area contributed by atoms with Gasteiger partial charge in [-0.25, -0.2) is 5.84 Å². The van der Waals surface area contributed by atoms with Crippen LogP contribution in [0.3, 0.4) is 0 Å². The highest BCUT2D eigenvalue weighted by Gasteiger charge is 2.22. The van der Waals surface area contributed by atoms with Crippen molar-refractivity contribution in [1.82, 2.24) is 15.2 Å². The van der Waals surface area contributed by atoms with Gasteiger partial charge in [-0.15, -0.1) is 11.3 Å². The van der Waals surface area contributed by atoms with Gasteiger partial charge in [-0.2, -0.15) is 0 Å². The summed E-state index contributed by atoms with van der Waals surface area (Å²) in [5.74, 6) is 4.97. The number of nitrogens with two attached hydrogens (primary N) is 1. The minimum Gasteiger partial charge on any atom is -0.301 e. The second-order valence-corrected chi connectivity index (χ2v) is 6.49. The zero-order valence-corrected chi connectivity index (χ0v) is 12.6. The molecule has 5 nitrogen and oxygen atoms in total. The lowest BCUT2D eigenvalue weighted by Crippen LogP contribution is -2.49. The molecule has 1 aliphatic rings. The van der Waals surface area contributed by atoms with E-state index >= 15 is 0 Å². The maximum absolute atomic E-state index is 11.5. The van der Waals surface area contributed by atoms with E-state index in [9.17, 15) is 4.79 Å². The van der Waals surface area contributed by atoms with Crippen molar-refractivity contribution in [3.05, 3.63) is 21.4 Å². The standard InChI is InChI=1S/C13H22N4OS/c1-9-7-17(5-4-16(9)3)8-11-6-12(13(18)15-14)19-10(11)2/h6,9H,4-5,7-8,14H2,1-3H3,(H,15,18). The number of carbonyl (C=O) groups excluding carboxylic acids is 1. The summed E-state index contributed by atoms with van der Waals surface area (Å²) < 4.78 is 0. The summed E-state index contributed by atoms with van der Waals surface area (Å²) in [4.78, 5) is 18.2. The van der Waals surface area contributed by atoms with Crippen LogP contribution in [0.5, 0.6) is 0 Å². The highest BCUT2D eigenvalue weighted by Crippen LogP contribution is 2.23. The molecule has 1 aromatic rings. The highest BCUT2D eigenvalue weighted by atomic mass is 32.1. The Balaban J connectivity index is 2.03. The fourth-order valence-corrected chi connectivity index (χ4v) is 3.31. The second kappa shape index (κ2) is 6.00. The number of rotatable bonds is 3. The van der Waals surface area contributed by atoms with Crippen LogP contribution in [0, 0.1) is 6.92 Å². The lowest BCUT2D eigenvalue weighted by Gasteiger charge is -2.37. The second-order valence-electron chi connectivity index (χ2n) is 5.23. The molecular formula is C13H22N4OS. The summed E-state index contributed by atoms with van der Waals surface area (Å²) >= 11 is 1.51. The quantitative estimate of drug-likeness (QED) is 0.489. The van der Waals surface area contributed by atoms with Crippen LogP contribution < -0.4 is 11.3 Å². The molecule has 2 heterocycles. The molecule has 0 aromatic carbocycles. The van der Waals surface area contributed by atoms with Gasteiger partial charge in [0.25, 0.3) is 5.91 Å². The average molecular weight is 282 g/mol. The predicted molar refractivity (Wildman–Crippen MR) is 78.1 cm³/mol. The number of carbonyl (C=O) groups is 1. The number of nitrogens with one attached hydrogen (secondary N) is 1. The van der Waals surface area contributed by atoms with Crippen LogP contribution in [0.2, 0.25) is 0 Å². The normalized spacial score (nSPS) is 21.6. The summed E-state index contributed by atoms with van der Waals surface area (Å²) in [6, 6.07) is 2.55. The van der Waals surface area contributed by atoms with E-state index in [1.54, 1.807) is 0 Å². The Morgan fingerprint density at radius 1 is 1.58 bits per heavy atom. The van der Waals surface area contributed by atoms with Crippen LogP contribution in [0.15, 0.2) is 6.07 Å². The molecule has 0 aliphatic carbocycles. The molecule has 0 saturated carbocycles. The Bertz CT molecular complexity index is 459. The third-order valence-corrected chi connectivity index (χ3v) is 4.90. The summed E-state index contributed by atoms with van der Waals surface area (Å²) in [6.07, 6.45) is 0. The highest BCUT2D eigenvalue weighted by molar-refractivity contribution is 7.14. The number of hydrogen-bond donors (Lipinski definition) is 2. The van der Waals surface area contributed by atoms with E-state index in [0.717, 1.165) is 26.2 Å². The zero-order chi connectivity index (χ0) is 14.0. The number of nitrogen functional groups attached to an aromatic ring is 1. The van der Waals surface area contributed by atoms with Crippen molar-refractivity contribution in [2.75, 3.05) is 26.7 Å². The molecule has 2 rings (SSSR count). The average Bonchev–Trinajstić information content (AvgIpc) is 2.74. The topological polar surface area (TPSA) is 61.6 Å². The molecule has 1 aromatic heterocycles. The molecule has 1 atom stereocenters. The van der Waals surface area contributed by atoms with Crippen molar-refractivity contribution in [2.24, 2.45) is 5.84 Å². The molecule has 0 radical (unpaired) electrons. The molecule has 1 fully saturated rings. The smallest absolute Gasteiger partial charge is 0.275 e. The van der Waals surface area contributed by atoms with Crippen molar-refractivity contribution in [2.45, 2.75) is 26.4 Å². The number of hydrazine groups is 1. The summed E-state index contributed by atoms with van der Waals surface area (Å²) in [6.45, 7) is 8.48. The van der Waals surface area contributed by atoms with Gasteiger partial charge in [0, 0.05) is 37.1 Å². The third kappa shape index (κ3) is 3.33. The van der Waals surface area contributed by atoms with E-state index in [-0.39, 0.29) is 5.91 Å². The molecule has 106 valence electrons. The van der Waals surface area contributed by atoms with Gasteiger partial charge in [0.05, 0.1) is 4.88 Å². The van der Waals surface area contributed by atoms with Gasteiger partial charge in [0.2, 0.25) is 0 Å². The van der Waals surface area contributed by atoms with Gasteiger partial charge in [0.1, 0.15) is 0 Å². The van der Waals surface area contributed by atoms with E-state index in [1.165, 1.54) is 21.8 Å². The van der Waals surface area contributed by atoms with E-state index in [2.05, 4.69) is 36.1 Å². The first-order chi connectivity index (χ1) is 9.01. The lowest BCUT2D eigenvalue weighted by molar-refractivity contribution is 0.0956. The molecule has 0 bridgehead atoms. The van der Waals surface area contributed by atoms with Gasteiger partial charge in [-0.05, 0) is 32.5 Å². The van der Waals surface area contributed by atoms with Crippen molar-refractivity contribution < 1.29 is 4.79 Å². The summed E-state index contributed by atoms with van der Waals surface area (Å²) in [5, 5.41) is 0.